The number of nitrogens with zero attached hydrogens (tertiary/aromatic N) is 2. The number of carbonyl (C=O) groups excluding carboxylic acids is 1. The largest absolute Gasteiger partial charge is 0.339 e. The minimum atomic E-state index is -4.02. The van der Waals surface area contributed by atoms with Crippen molar-refractivity contribution >= 4 is 37.5 Å². The van der Waals surface area contributed by atoms with Crippen LogP contribution in [0, 0.1) is 13.8 Å². The number of likely N-dealkylation sites (tertiary alicyclic amines) is 1. The van der Waals surface area contributed by atoms with E-state index >= 15 is 0 Å². The fourth-order valence-corrected chi connectivity index (χ4v) is 5.08. The van der Waals surface area contributed by atoms with Gasteiger partial charge in [-0.1, -0.05) is 35.4 Å². The van der Waals surface area contributed by atoms with Gasteiger partial charge in [-0.05, 0) is 57.9 Å². The first-order valence-corrected chi connectivity index (χ1v) is 15.5. The smallest absolute Gasteiger partial charge is 0.294 e. The van der Waals surface area contributed by atoms with Gasteiger partial charge in [-0.3, -0.25) is 13.9 Å². The van der Waals surface area contributed by atoms with Crippen LogP contribution in [-0.4, -0.2) is 60.4 Å². The Bertz CT molecular complexity index is 1300. The van der Waals surface area contributed by atoms with E-state index in [1.54, 1.807) is 29.8 Å². The number of hydrogen-bond acceptors (Lipinski definition) is 8. The summed E-state index contributed by atoms with van der Waals surface area (Å²) < 4.78 is 59.1. The average Bonchev–Trinajstić information content (AvgIpc) is 3.50. The Hall–Kier alpha value is -2.68. The highest BCUT2D eigenvalue weighted by molar-refractivity contribution is 7.86. The number of aryl methyl sites for hydroxylation is 2. The molecule has 10 nitrogen and oxygen atoms in total. The standard InChI is InChI=1S/C11H17N3OS.2C7H8O3S/c1-8-3-2-4-14(8)11(15)10(12)5-9-6-16-7-13-9;2*1-6-2-4-7(5-3-6)11(8,9)10/h6-8,10H,2-5,12H2,1H3;2*2-5H,1H3,(H,8,9,10)/t8-,10+;;/m1../s1. The summed E-state index contributed by atoms with van der Waals surface area (Å²) in [7, 11) is -8.04. The molecule has 4 rings (SSSR count). The number of carbonyl (C=O) groups is 1. The van der Waals surface area contributed by atoms with Crippen molar-refractivity contribution in [2.45, 2.75) is 61.9 Å². The number of rotatable bonds is 5. The lowest BCUT2D eigenvalue weighted by atomic mass is 10.1. The summed E-state index contributed by atoms with van der Waals surface area (Å²) in [5.41, 5.74) is 10.5. The molecule has 13 heteroatoms. The van der Waals surface area contributed by atoms with Crippen molar-refractivity contribution in [3.8, 4) is 0 Å². The van der Waals surface area contributed by atoms with Gasteiger partial charge in [-0.2, -0.15) is 16.8 Å². The minimum Gasteiger partial charge on any atom is -0.339 e. The van der Waals surface area contributed by atoms with Crippen molar-refractivity contribution in [2.75, 3.05) is 6.54 Å². The third-order valence-corrected chi connectivity index (χ3v) is 8.07. The summed E-state index contributed by atoms with van der Waals surface area (Å²) >= 11 is 1.53. The number of thiazole rings is 1. The molecule has 2 aromatic carbocycles. The Kier molecular flexibility index (Phi) is 11.6. The van der Waals surface area contributed by atoms with Gasteiger partial charge in [0.2, 0.25) is 5.91 Å². The number of benzene rings is 2. The lowest BCUT2D eigenvalue weighted by Crippen LogP contribution is -2.46. The van der Waals surface area contributed by atoms with Gasteiger partial charge in [-0.25, -0.2) is 4.98 Å². The van der Waals surface area contributed by atoms with Crippen LogP contribution < -0.4 is 5.73 Å². The van der Waals surface area contributed by atoms with Gasteiger partial charge < -0.3 is 10.6 Å². The number of hydrogen-bond donors (Lipinski definition) is 3. The van der Waals surface area contributed by atoms with E-state index in [-0.39, 0.29) is 15.7 Å². The fourth-order valence-electron chi connectivity index (χ4n) is 3.55. The van der Waals surface area contributed by atoms with Crippen molar-refractivity contribution in [3.05, 3.63) is 76.2 Å². The van der Waals surface area contributed by atoms with Crippen LogP contribution in [0.25, 0.3) is 0 Å². The number of amides is 1. The molecule has 3 aromatic rings. The molecule has 1 fully saturated rings. The second-order valence-electron chi connectivity index (χ2n) is 8.89. The molecule has 208 valence electrons. The lowest BCUT2D eigenvalue weighted by molar-refractivity contribution is -0.133. The summed E-state index contributed by atoms with van der Waals surface area (Å²) in [6.45, 7) is 6.62. The predicted octanol–water partition coefficient (Wildman–Crippen LogP) is 3.51. The van der Waals surface area contributed by atoms with Crippen LogP contribution in [0.4, 0.5) is 0 Å². The van der Waals surface area contributed by atoms with Crippen molar-refractivity contribution in [1.29, 1.82) is 0 Å². The first-order valence-electron chi connectivity index (χ1n) is 11.7. The van der Waals surface area contributed by atoms with Crippen LogP contribution in [0.2, 0.25) is 0 Å². The Morgan fingerprint density at radius 1 is 1.00 bits per heavy atom. The lowest BCUT2D eigenvalue weighted by Gasteiger charge is -2.24. The highest BCUT2D eigenvalue weighted by Gasteiger charge is 2.29. The molecule has 1 aliphatic heterocycles. The SMILES string of the molecule is C[C@@H]1CCCN1C(=O)[C@@H](N)Cc1cscn1.Cc1ccc(S(=O)(=O)O)cc1.Cc1ccc(S(=O)(=O)O)cc1. The summed E-state index contributed by atoms with van der Waals surface area (Å²) in [5, 5.41) is 1.94. The second-order valence-corrected chi connectivity index (χ2v) is 12.5. The van der Waals surface area contributed by atoms with E-state index in [1.165, 1.54) is 35.6 Å². The monoisotopic (exact) mass is 583 g/mol. The fraction of sp³-hybridized carbons (Fsp3) is 0.360. The van der Waals surface area contributed by atoms with Gasteiger partial charge in [-0.15, -0.1) is 11.3 Å². The third-order valence-electron chi connectivity index (χ3n) is 5.70. The maximum atomic E-state index is 12.1. The molecular weight excluding hydrogens is 550 g/mol. The molecule has 1 aliphatic rings. The Morgan fingerprint density at radius 2 is 1.47 bits per heavy atom. The van der Waals surface area contributed by atoms with Crippen LogP contribution in [0.5, 0.6) is 0 Å². The number of aromatic nitrogens is 1. The van der Waals surface area contributed by atoms with Crippen molar-refractivity contribution in [2.24, 2.45) is 5.73 Å². The van der Waals surface area contributed by atoms with E-state index in [4.69, 9.17) is 14.8 Å². The zero-order valence-electron chi connectivity index (χ0n) is 21.4. The molecular formula is C25H33N3O7S3. The Labute approximate surface area is 228 Å². The van der Waals surface area contributed by atoms with Gasteiger partial charge in [0.25, 0.3) is 20.2 Å². The van der Waals surface area contributed by atoms with Gasteiger partial charge in [0.15, 0.2) is 0 Å². The molecule has 2 heterocycles. The van der Waals surface area contributed by atoms with Crippen LogP contribution in [0.15, 0.2) is 69.2 Å². The van der Waals surface area contributed by atoms with E-state index in [9.17, 15) is 21.6 Å². The normalized spacial score (nSPS) is 16.1. The molecule has 2 atom stereocenters. The van der Waals surface area contributed by atoms with E-state index in [0.717, 1.165) is 36.2 Å². The highest BCUT2D eigenvalue weighted by Crippen LogP contribution is 2.18. The molecule has 4 N–H and O–H groups in total. The molecule has 1 saturated heterocycles. The van der Waals surface area contributed by atoms with Gasteiger partial charge in [0.1, 0.15) is 0 Å². The van der Waals surface area contributed by atoms with E-state index in [0.29, 0.717) is 12.5 Å². The van der Waals surface area contributed by atoms with Gasteiger partial charge in [0, 0.05) is 24.4 Å². The van der Waals surface area contributed by atoms with Gasteiger partial charge >= 0.3 is 0 Å². The van der Waals surface area contributed by atoms with Crippen LogP contribution in [-0.2, 0) is 31.5 Å². The maximum absolute atomic E-state index is 12.1. The number of nitrogens with two attached hydrogens (primary N) is 1. The van der Waals surface area contributed by atoms with Crippen molar-refractivity contribution in [3.63, 3.8) is 0 Å². The molecule has 0 saturated carbocycles. The highest BCUT2D eigenvalue weighted by atomic mass is 32.2. The first-order chi connectivity index (χ1) is 17.7. The van der Waals surface area contributed by atoms with Gasteiger partial charge in [0.05, 0.1) is 27.0 Å². The first kappa shape index (κ1) is 31.5. The molecule has 38 heavy (non-hydrogen) atoms. The van der Waals surface area contributed by atoms with Crippen molar-refractivity contribution < 1.29 is 30.7 Å². The van der Waals surface area contributed by atoms with Crippen LogP contribution in [0.1, 0.15) is 36.6 Å². The molecule has 0 radical (unpaired) electrons. The van der Waals surface area contributed by atoms with E-state index in [2.05, 4.69) is 11.9 Å². The minimum absolute atomic E-state index is 0.0666. The Balaban J connectivity index is 0.000000206. The molecule has 0 bridgehead atoms. The average molecular weight is 584 g/mol. The molecule has 1 amide bonds. The predicted molar refractivity (Wildman–Crippen MR) is 146 cm³/mol. The molecule has 0 aliphatic carbocycles. The van der Waals surface area contributed by atoms with E-state index in [1.807, 2.05) is 24.1 Å². The summed E-state index contributed by atoms with van der Waals surface area (Å²) in [5.74, 6) is 0.0676. The quantitative estimate of drug-likeness (QED) is 0.381. The zero-order valence-corrected chi connectivity index (χ0v) is 23.8. The Morgan fingerprint density at radius 3 is 1.82 bits per heavy atom. The zero-order chi connectivity index (χ0) is 28.5. The summed E-state index contributed by atoms with van der Waals surface area (Å²) in [6, 6.07) is 11.9. The summed E-state index contributed by atoms with van der Waals surface area (Å²) in [6.07, 6.45) is 2.73. The molecule has 0 unspecified atom stereocenters. The van der Waals surface area contributed by atoms with Crippen molar-refractivity contribution in [1.82, 2.24) is 9.88 Å². The summed E-state index contributed by atoms with van der Waals surface area (Å²) in [4.78, 5) is 18.0. The molecule has 0 spiro atoms. The maximum Gasteiger partial charge on any atom is 0.294 e. The second kappa shape index (κ2) is 13.9. The van der Waals surface area contributed by atoms with Crippen LogP contribution in [0.3, 0.4) is 0 Å². The third kappa shape index (κ3) is 10.2. The molecule has 1 aromatic heterocycles. The van der Waals surface area contributed by atoms with Crippen LogP contribution >= 0.6 is 11.3 Å². The topological polar surface area (TPSA) is 168 Å². The van der Waals surface area contributed by atoms with E-state index < -0.39 is 26.3 Å².